The summed E-state index contributed by atoms with van der Waals surface area (Å²) in [6, 6.07) is 5.07. The van der Waals surface area contributed by atoms with Gasteiger partial charge >= 0.3 is 0 Å². The van der Waals surface area contributed by atoms with E-state index in [1.54, 1.807) is 0 Å². The first kappa shape index (κ1) is 19.2. The van der Waals surface area contributed by atoms with E-state index in [-0.39, 0.29) is 5.56 Å². The summed E-state index contributed by atoms with van der Waals surface area (Å²) < 4.78 is 55.7. The molecule has 0 spiro atoms. The van der Waals surface area contributed by atoms with E-state index in [1.807, 2.05) is 73.8 Å². The smallest absolute Gasteiger partial charge is 0.281 e. The number of hydrogen-bond acceptors (Lipinski definition) is 3. The van der Waals surface area contributed by atoms with Crippen LogP contribution in [0.2, 0.25) is 0 Å². The summed E-state index contributed by atoms with van der Waals surface area (Å²) in [6.07, 6.45) is 0. The highest BCUT2D eigenvalue weighted by molar-refractivity contribution is 14.1. The predicted molar refractivity (Wildman–Crippen MR) is 105 cm³/mol. The molecule has 0 unspecified atom stereocenters. The summed E-state index contributed by atoms with van der Waals surface area (Å²) in [4.78, 5) is -0.710. The maximum absolute atomic E-state index is 13.2. The van der Waals surface area contributed by atoms with Crippen molar-refractivity contribution >= 4 is 83.7 Å². The van der Waals surface area contributed by atoms with Gasteiger partial charge in [0.15, 0.2) is 0 Å². The molecule has 0 bridgehead atoms. The molecule has 23 heavy (non-hydrogen) atoms. The van der Waals surface area contributed by atoms with Crippen molar-refractivity contribution in [2.45, 2.75) is 4.90 Å². The van der Waals surface area contributed by atoms with Crippen LogP contribution in [0.5, 0.6) is 0 Å². The Kier molecular flexibility index (Phi) is 6.21. The summed E-state index contributed by atoms with van der Waals surface area (Å²) in [5.41, 5.74) is 0.113. The molecule has 0 amide bonds. The van der Waals surface area contributed by atoms with Gasteiger partial charge in [0.1, 0.15) is 11.6 Å². The van der Waals surface area contributed by atoms with Gasteiger partial charge in [-0.05, 0) is 92.0 Å². The van der Waals surface area contributed by atoms with Gasteiger partial charge in [0.05, 0.1) is 4.90 Å². The van der Waals surface area contributed by atoms with E-state index < -0.39 is 32.5 Å². The van der Waals surface area contributed by atoms with Crippen molar-refractivity contribution in [3.05, 3.63) is 58.2 Å². The minimum Gasteiger partial charge on any atom is -0.858 e. The first-order chi connectivity index (χ1) is 10.6. The van der Waals surface area contributed by atoms with Gasteiger partial charge in [0.25, 0.3) is 10.0 Å². The largest absolute Gasteiger partial charge is 0.858 e. The van der Waals surface area contributed by atoms with Crippen molar-refractivity contribution in [1.82, 2.24) is 0 Å². The highest BCUT2D eigenvalue weighted by Crippen LogP contribution is 2.24. The molecule has 0 saturated carbocycles. The Morgan fingerprint density at radius 1 is 1.00 bits per heavy atom. The fraction of sp³-hybridized carbons (Fsp3) is 0. The van der Waals surface area contributed by atoms with E-state index in [1.165, 1.54) is 6.07 Å². The molecule has 0 atom stereocenters. The van der Waals surface area contributed by atoms with Crippen molar-refractivity contribution in [3.8, 4) is 0 Å². The van der Waals surface area contributed by atoms with Crippen LogP contribution in [0.3, 0.4) is 0 Å². The van der Waals surface area contributed by atoms with Gasteiger partial charge in [-0.15, -0.1) is 0 Å². The SMILES string of the molecule is O=S(=O)(/N=C(\[O-])c1cc(I)cc(I)c1I)c1cc(F)cc(F)c1. The van der Waals surface area contributed by atoms with Gasteiger partial charge in [-0.3, -0.25) is 0 Å². The summed E-state index contributed by atoms with van der Waals surface area (Å²) in [5.74, 6) is -3.12. The first-order valence-electron chi connectivity index (χ1n) is 5.73. The Morgan fingerprint density at radius 3 is 2.13 bits per heavy atom. The van der Waals surface area contributed by atoms with E-state index in [4.69, 9.17) is 0 Å². The zero-order valence-corrected chi connectivity index (χ0v) is 18.1. The third kappa shape index (κ3) is 4.72. The fourth-order valence-electron chi connectivity index (χ4n) is 1.60. The van der Waals surface area contributed by atoms with Crippen LogP contribution in [0.15, 0.2) is 39.6 Å². The van der Waals surface area contributed by atoms with Crippen molar-refractivity contribution < 1.29 is 22.3 Å². The second kappa shape index (κ2) is 7.43. The molecule has 0 N–H and O–H groups in total. The lowest BCUT2D eigenvalue weighted by Crippen LogP contribution is -2.22. The average molecular weight is 674 g/mol. The van der Waals surface area contributed by atoms with Crippen LogP contribution in [0.25, 0.3) is 0 Å². The van der Waals surface area contributed by atoms with Crippen molar-refractivity contribution in [2.75, 3.05) is 0 Å². The standard InChI is InChI=1S/C13H6F2I3NO3S/c14-6-1-7(15)3-9(2-6)23(21,22)19-13(20)10-4-8(16)5-11(17)12(10)18/h1-5H,(H,19,20)/p-1. The number of rotatable bonds is 3. The third-order valence-electron chi connectivity index (χ3n) is 2.56. The number of sulfonamides is 1. The van der Waals surface area contributed by atoms with Gasteiger partial charge in [0, 0.05) is 28.2 Å². The van der Waals surface area contributed by atoms with Gasteiger partial charge in [-0.25, -0.2) is 8.78 Å². The van der Waals surface area contributed by atoms with E-state index in [9.17, 15) is 22.3 Å². The van der Waals surface area contributed by atoms with Crippen LogP contribution < -0.4 is 5.11 Å². The quantitative estimate of drug-likeness (QED) is 0.218. The lowest BCUT2D eigenvalue weighted by atomic mass is 10.2. The van der Waals surface area contributed by atoms with Crippen LogP contribution in [0.1, 0.15) is 5.56 Å². The normalized spacial score (nSPS) is 12.5. The summed E-state index contributed by atoms with van der Waals surface area (Å²) in [7, 11) is -4.51. The van der Waals surface area contributed by atoms with Crippen LogP contribution >= 0.6 is 67.8 Å². The van der Waals surface area contributed by atoms with Gasteiger partial charge in [0.2, 0.25) is 0 Å². The second-order valence-electron chi connectivity index (χ2n) is 4.23. The topological polar surface area (TPSA) is 69.6 Å². The molecule has 2 rings (SSSR count). The molecule has 0 heterocycles. The molecule has 4 nitrogen and oxygen atoms in total. The van der Waals surface area contributed by atoms with Crippen LogP contribution in [-0.4, -0.2) is 14.3 Å². The van der Waals surface area contributed by atoms with Crippen LogP contribution in [0.4, 0.5) is 8.78 Å². The minimum atomic E-state index is -4.51. The first-order valence-corrected chi connectivity index (χ1v) is 10.4. The van der Waals surface area contributed by atoms with Crippen LogP contribution in [0, 0.1) is 22.3 Å². The molecule has 0 aliphatic rings. The molecular weight excluding hydrogens is 669 g/mol. The van der Waals surface area contributed by atoms with Gasteiger partial charge in [-0.2, -0.15) is 12.8 Å². The maximum atomic E-state index is 13.2. The van der Waals surface area contributed by atoms with Crippen molar-refractivity contribution in [2.24, 2.45) is 4.40 Å². The average Bonchev–Trinajstić information content (AvgIpc) is 2.41. The van der Waals surface area contributed by atoms with Crippen molar-refractivity contribution in [3.63, 3.8) is 0 Å². The number of nitrogens with zero attached hydrogens (tertiary/aromatic N) is 1. The van der Waals surface area contributed by atoms with E-state index >= 15 is 0 Å². The molecule has 2 aromatic rings. The Bertz CT molecular complexity index is 897. The molecule has 10 heteroatoms. The lowest BCUT2D eigenvalue weighted by Gasteiger charge is -2.14. The summed E-state index contributed by atoms with van der Waals surface area (Å²) in [5, 5.41) is 12.2. The molecule has 0 aliphatic carbocycles. The second-order valence-corrected chi connectivity index (χ2v) is 9.32. The third-order valence-corrected chi connectivity index (χ3v) is 7.47. The number of halogens is 5. The highest BCUT2D eigenvalue weighted by Gasteiger charge is 2.16. The van der Waals surface area contributed by atoms with Gasteiger partial charge in [-0.1, -0.05) is 0 Å². The highest BCUT2D eigenvalue weighted by atomic mass is 127. The summed E-state index contributed by atoms with van der Waals surface area (Å²) in [6.45, 7) is 0. The molecule has 122 valence electrons. The van der Waals surface area contributed by atoms with Gasteiger partial charge < -0.3 is 5.11 Å². The van der Waals surface area contributed by atoms with Crippen LogP contribution in [-0.2, 0) is 10.0 Å². The Morgan fingerprint density at radius 2 is 1.57 bits per heavy atom. The molecular formula is C13H5F2I3NO3S-. The molecule has 2 aromatic carbocycles. The summed E-state index contributed by atoms with van der Waals surface area (Å²) >= 11 is 5.91. The lowest BCUT2D eigenvalue weighted by molar-refractivity contribution is -0.212. The Balaban J connectivity index is 2.56. The monoisotopic (exact) mass is 674 g/mol. The Labute approximate surface area is 171 Å². The molecule has 0 aliphatic heterocycles. The predicted octanol–water partition coefficient (Wildman–Crippen LogP) is 3.27. The maximum Gasteiger partial charge on any atom is 0.281 e. The van der Waals surface area contributed by atoms with E-state index in [0.29, 0.717) is 21.8 Å². The molecule has 0 saturated heterocycles. The zero-order valence-electron chi connectivity index (χ0n) is 10.9. The molecule has 0 fully saturated rings. The number of benzene rings is 2. The van der Waals surface area contributed by atoms with Crippen molar-refractivity contribution in [1.29, 1.82) is 0 Å². The molecule has 0 radical (unpaired) electrons. The molecule has 0 aromatic heterocycles. The minimum absolute atomic E-state index is 0.113. The fourth-order valence-corrected chi connectivity index (χ4v) is 4.93. The van der Waals surface area contributed by atoms with E-state index in [2.05, 4.69) is 4.40 Å². The van der Waals surface area contributed by atoms with E-state index in [0.717, 1.165) is 7.14 Å². The number of hydrogen-bond donors (Lipinski definition) is 0. The zero-order chi connectivity index (χ0) is 17.4. The Hall–Kier alpha value is -0.0900.